The summed E-state index contributed by atoms with van der Waals surface area (Å²) >= 11 is 1.87. The van der Waals surface area contributed by atoms with Crippen LogP contribution in [-0.2, 0) is 6.54 Å². The minimum atomic E-state index is 0.487. The van der Waals surface area contributed by atoms with E-state index in [1.165, 1.54) is 15.7 Å². The zero-order valence-corrected chi connectivity index (χ0v) is 15.7. The first-order valence-corrected chi connectivity index (χ1v) is 9.19. The van der Waals surface area contributed by atoms with Crippen LogP contribution in [0.5, 0.6) is 0 Å². The maximum Gasteiger partial charge on any atom is 0.186 e. The Balaban J connectivity index is 2.92. The average Bonchev–Trinajstić information content (AvgIpc) is 2.83. The van der Waals surface area contributed by atoms with Gasteiger partial charge < -0.3 is 10.2 Å². The van der Waals surface area contributed by atoms with E-state index in [0.717, 1.165) is 26.1 Å². The summed E-state index contributed by atoms with van der Waals surface area (Å²) in [5, 5.41) is 4.75. The molecular weight excluding hydrogens is 278 g/mol. The SMILES string of the molecule is CCC(C)N(CC)c1nc(C(C)C)c(CNCC(C)C)s1. The Bertz CT molecular complexity index is 412. The number of hydrogen-bond donors (Lipinski definition) is 1. The predicted molar refractivity (Wildman–Crippen MR) is 95.5 cm³/mol. The molecule has 1 unspecified atom stereocenters. The second-order valence-corrected chi connectivity index (χ2v) is 7.59. The molecule has 0 aromatic carbocycles. The molecule has 0 saturated carbocycles. The number of aromatic nitrogens is 1. The summed E-state index contributed by atoms with van der Waals surface area (Å²) in [6.07, 6.45) is 1.16. The van der Waals surface area contributed by atoms with Crippen LogP contribution in [0.3, 0.4) is 0 Å². The van der Waals surface area contributed by atoms with Gasteiger partial charge in [-0.05, 0) is 38.6 Å². The lowest BCUT2D eigenvalue weighted by Gasteiger charge is -2.26. The van der Waals surface area contributed by atoms with E-state index < -0.39 is 0 Å². The third kappa shape index (κ3) is 5.26. The van der Waals surface area contributed by atoms with Crippen LogP contribution in [0.4, 0.5) is 5.13 Å². The van der Waals surface area contributed by atoms with Gasteiger partial charge in [0.2, 0.25) is 0 Å². The lowest BCUT2D eigenvalue weighted by Crippen LogP contribution is -2.32. The molecule has 122 valence electrons. The molecule has 0 fully saturated rings. The number of rotatable bonds is 9. The Kier molecular flexibility index (Phi) is 7.67. The molecular formula is C17H33N3S. The van der Waals surface area contributed by atoms with Crippen molar-refractivity contribution in [2.24, 2.45) is 5.92 Å². The predicted octanol–water partition coefficient (Wildman–Crippen LogP) is 4.64. The zero-order chi connectivity index (χ0) is 16.0. The third-order valence-corrected chi connectivity index (χ3v) is 4.92. The number of thiazole rings is 1. The largest absolute Gasteiger partial charge is 0.346 e. The van der Waals surface area contributed by atoms with Gasteiger partial charge in [0.25, 0.3) is 0 Å². The van der Waals surface area contributed by atoms with Gasteiger partial charge in [-0.3, -0.25) is 0 Å². The molecule has 0 bridgehead atoms. The van der Waals surface area contributed by atoms with E-state index in [4.69, 9.17) is 4.98 Å². The van der Waals surface area contributed by atoms with E-state index >= 15 is 0 Å². The van der Waals surface area contributed by atoms with Crippen LogP contribution < -0.4 is 10.2 Å². The van der Waals surface area contributed by atoms with Crippen LogP contribution in [0.1, 0.15) is 71.4 Å². The molecule has 0 radical (unpaired) electrons. The van der Waals surface area contributed by atoms with E-state index in [0.29, 0.717) is 17.9 Å². The van der Waals surface area contributed by atoms with Crippen molar-refractivity contribution in [2.75, 3.05) is 18.0 Å². The molecule has 0 spiro atoms. The molecule has 1 N–H and O–H groups in total. The standard InChI is InChI=1S/C17H33N3S/c1-8-14(7)20(9-2)17-19-16(13(5)6)15(21-17)11-18-10-12(3)4/h12-14,18H,8-11H2,1-7H3. The van der Waals surface area contributed by atoms with Crippen molar-refractivity contribution in [2.45, 2.75) is 73.4 Å². The molecule has 1 rings (SSSR count). The molecule has 0 aliphatic heterocycles. The van der Waals surface area contributed by atoms with Crippen LogP contribution in [0.15, 0.2) is 0 Å². The lowest BCUT2D eigenvalue weighted by atomic mass is 10.1. The summed E-state index contributed by atoms with van der Waals surface area (Å²) in [6, 6.07) is 0.553. The number of anilines is 1. The van der Waals surface area contributed by atoms with Crippen LogP contribution in [0.2, 0.25) is 0 Å². The monoisotopic (exact) mass is 311 g/mol. The minimum Gasteiger partial charge on any atom is -0.346 e. The second kappa shape index (κ2) is 8.74. The van der Waals surface area contributed by atoms with E-state index in [1.807, 2.05) is 11.3 Å². The third-order valence-electron chi connectivity index (χ3n) is 3.81. The second-order valence-electron chi connectivity index (χ2n) is 6.53. The van der Waals surface area contributed by atoms with Crippen molar-refractivity contribution in [1.29, 1.82) is 0 Å². The fourth-order valence-electron chi connectivity index (χ4n) is 2.38. The fourth-order valence-corrected chi connectivity index (χ4v) is 3.73. The smallest absolute Gasteiger partial charge is 0.186 e. The Hall–Kier alpha value is -0.610. The molecule has 1 atom stereocenters. The van der Waals surface area contributed by atoms with Crippen molar-refractivity contribution >= 4 is 16.5 Å². The van der Waals surface area contributed by atoms with Crippen molar-refractivity contribution in [3.63, 3.8) is 0 Å². The normalized spacial score (nSPS) is 13.2. The molecule has 0 amide bonds. The summed E-state index contributed by atoms with van der Waals surface area (Å²) in [5.41, 5.74) is 1.27. The summed E-state index contributed by atoms with van der Waals surface area (Å²) in [4.78, 5) is 8.79. The van der Waals surface area contributed by atoms with Gasteiger partial charge in [0.05, 0.1) is 5.69 Å². The molecule has 0 saturated heterocycles. The molecule has 4 heteroatoms. The lowest BCUT2D eigenvalue weighted by molar-refractivity contribution is 0.552. The van der Waals surface area contributed by atoms with Crippen molar-refractivity contribution in [3.05, 3.63) is 10.6 Å². The molecule has 0 aliphatic rings. The average molecular weight is 312 g/mol. The molecule has 0 aliphatic carbocycles. The molecule has 1 heterocycles. The first-order chi connectivity index (χ1) is 9.90. The number of hydrogen-bond acceptors (Lipinski definition) is 4. The maximum atomic E-state index is 4.95. The van der Waals surface area contributed by atoms with Gasteiger partial charge in [0.15, 0.2) is 5.13 Å². The summed E-state index contributed by atoms with van der Waals surface area (Å²) in [6.45, 7) is 18.8. The number of nitrogens with one attached hydrogen (secondary N) is 1. The summed E-state index contributed by atoms with van der Waals surface area (Å²) in [5.74, 6) is 1.17. The highest BCUT2D eigenvalue weighted by molar-refractivity contribution is 7.15. The first-order valence-electron chi connectivity index (χ1n) is 8.37. The first kappa shape index (κ1) is 18.4. The minimum absolute atomic E-state index is 0.487. The van der Waals surface area contributed by atoms with Gasteiger partial charge in [-0.1, -0.05) is 34.6 Å². The van der Waals surface area contributed by atoms with E-state index in [2.05, 4.69) is 58.7 Å². The van der Waals surface area contributed by atoms with Gasteiger partial charge in [-0.25, -0.2) is 4.98 Å². The molecule has 3 nitrogen and oxygen atoms in total. The highest BCUT2D eigenvalue weighted by Gasteiger charge is 2.20. The van der Waals surface area contributed by atoms with E-state index in [1.54, 1.807) is 0 Å². The van der Waals surface area contributed by atoms with Crippen LogP contribution in [0.25, 0.3) is 0 Å². The van der Waals surface area contributed by atoms with Gasteiger partial charge in [-0.2, -0.15) is 0 Å². The van der Waals surface area contributed by atoms with Gasteiger partial charge in [0.1, 0.15) is 0 Å². The van der Waals surface area contributed by atoms with Crippen LogP contribution in [0, 0.1) is 5.92 Å². The maximum absolute atomic E-state index is 4.95. The van der Waals surface area contributed by atoms with Crippen LogP contribution in [-0.4, -0.2) is 24.1 Å². The molecule has 1 aromatic heterocycles. The van der Waals surface area contributed by atoms with Crippen molar-refractivity contribution < 1.29 is 0 Å². The molecule has 1 aromatic rings. The fraction of sp³-hybridized carbons (Fsp3) is 0.824. The zero-order valence-electron chi connectivity index (χ0n) is 14.9. The van der Waals surface area contributed by atoms with Crippen LogP contribution >= 0.6 is 11.3 Å². The highest BCUT2D eigenvalue weighted by Crippen LogP contribution is 2.32. The Morgan fingerprint density at radius 3 is 2.29 bits per heavy atom. The van der Waals surface area contributed by atoms with E-state index in [-0.39, 0.29) is 0 Å². The van der Waals surface area contributed by atoms with Gasteiger partial charge in [-0.15, -0.1) is 11.3 Å². The summed E-state index contributed by atoms with van der Waals surface area (Å²) < 4.78 is 0. The Morgan fingerprint density at radius 1 is 1.14 bits per heavy atom. The highest BCUT2D eigenvalue weighted by atomic mass is 32.1. The van der Waals surface area contributed by atoms with Gasteiger partial charge >= 0.3 is 0 Å². The van der Waals surface area contributed by atoms with Gasteiger partial charge in [0, 0.05) is 24.0 Å². The quantitative estimate of drug-likeness (QED) is 0.720. The topological polar surface area (TPSA) is 28.2 Å². The Morgan fingerprint density at radius 2 is 1.81 bits per heavy atom. The summed E-state index contributed by atoms with van der Waals surface area (Å²) in [7, 11) is 0. The van der Waals surface area contributed by atoms with Crippen molar-refractivity contribution in [3.8, 4) is 0 Å². The molecule has 21 heavy (non-hydrogen) atoms. The van der Waals surface area contributed by atoms with E-state index in [9.17, 15) is 0 Å². The van der Waals surface area contributed by atoms with Crippen molar-refractivity contribution in [1.82, 2.24) is 10.3 Å². The Labute approximate surface area is 135 Å². The number of nitrogens with zero attached hydrogens (tertiary/aromatic N) is 2.